The molecule has 0 bridgehead atoms. The van der Waals surface area contributed by atoms with Crippen molar-refractivity contribution in [1.82, 2.24) is 9.88 Å². The van der Waals surface area contributed by atoms with Crippen molar-refractivity contribution < 1.29 is 5.11 Å². The number of aromatic nitrogens is 1. The fourth-order valence-corrected chi connectivity index (χ4v) is 5.68. The topological polar surface area (TPSA) is 37.2 Å². The molecule has 1 aliphatic carbocycles. The van der Waals surface area contributed by atoms with Crippen LogP contribution in [0.5, 0.6) is 0 Å². The highest BCUT2D eigenvalue weighted by atomic mass is 16.3. The molecule has 2 aromatic rings. The summed E-state index contributed by atoms with van der Waals surface area (Å²) in [5.41, 5.74) is 5.33. The maximum atomic E-state index is 10.4. The average molecular weight is 369 g/mol. The first-order chi connectivity index (χ1) is 13.1. The molecule has 0 amide bonds. The van der Waals surface area contributed by atoms with Gasteiger partial charge in [-0.2, -0.15) is 0 Å². The quantitative estimate of drug-likeness (QED) is 0.769. The van der Waals surface area contributed by atoms with Gasteiger partial charge in [0.25, 0.3) is 0 Å². The van der Waals surface area contributed by atoms with Crippen LogP contribution in [0.3, 0.4) is 0 Å². The number of hydrogen-bond donors (Lipinski definition) is 2. The molecule has 1 aromatic carbocycles. The monoisotopic (exact) mass is 368 g/mol. The highest BCUT2D eigenvalue weighted by molar-refractivity contribution is 5.87. The first-order valence-corrected chi connectivity index (χ1v) is 11.0. The second-order valence-electron chi connectivity index (χ2n) is 9.25. The number of piperidine rings is 1. The molecule has 0 radical (unpaired) electrons. The van der Waals surface area contributed by atoms with Gasteiger partial charge in [-0.05, 0) is 94.0 Å². The predicted molar refractivity (Wildman–Crippen MR) is 113 cm³/mol. The highest BCUT2D eigenvalue weighted by Crippen LogP contribution is 2.43. The van der Waals surface area contributed by atoms with Crippen molar-refractivity contribution in [2.75, 3.05) is 13.1 Å². The lowest BCUT2D eigenvalue weighted by molar-refractivity contribution is 0.214. The standard InChI is InChI=1S/C24H36N2O/c1-16(2)18-5-7-20(8-6-18)26-22-9-4-17(3)14-21(22)24(23(26)15-27)19-10-12-25-13-11-19/h4,9,14,16,18-20,25,27H,5-8,10-13,15H2,1-3H3. The SMILES string of the molecule is Cc1ccc2c(c1)c(C1CCNCC1)c(CO)n2C1CCC(C(C)C)CC1. The summed E-state index contributed by atoms with van der Waals surface area (Å²) in [6, 6.07) is 7.46. The van der Waals surface area contributed by atoms with E-state index in [1.165, 1.54) is 66.2 Å². The number of nitrogens with one attached hydrogen (secondary N) is 1. The number of benzene rings is 1. The largest absolute Gasteiger partial charge is 0.390 e. The number of nitrogens with zero attached hydrogens (tertiary/aromatic N) is 1. The number of aliphatic hydroxyl groups excluding tert-OH is 1. The highest BCUT2D eigenvalue weighted by Gasteiger charge is 2.30. The molecule has 0 spiro atoms. The first-order valence-electron chi connectivity index (χ1n) is 11.0. The zero-order chi connectivity index (χ0) is 19.0. The van der Waals surface area contributed by atoms with Gasteiger partial charge in [0, 0.05) is 22.6 Å². The maximum Gasteiger partial charge on any atom is 0.0836 e. The van der Waals surface area contributed by atoms with E-state index in [0.717, 1.165) is 24.9 Å². The summed E-state index contributed by atoms with van der Waals surface area (Å²) in [7, 11) is 0. The molecule has 2 heterocycles. The van der Waals surface area contributed by atoms with Crippen molar-refractivity contribution in [3.05, 3.63) is 35.0 Å². The van der Waals surface area contributed by atoms with E-state index in [9.17, 15) is 5.11 Å². The second kappa shape index (κ2) is 7.97. The summed E-state index contributed by atoms with van der Waals surface area (Å²) in [5.74, 6) is 2.23. The average Bonchev–Trinajstić information content (AvgIpc) is 3.02. The van der Waals surface area contributed by atoms with Crippen molar-refractivity contribution in [3.63, 3.8) is 0 Å². The van der Waals surface area contributed by atoms with Gasteiger partial charge < -0.3 is 15.0 Å². The summed E-state index contributed by atoms with van der Waals surface area (Å²) < 4.78 is 2.54. The zero-order valence-corrected chi connectivity index (χ0v) is 17.3. The van der Waals surface area contributed by atoms with E-state index < -0.39 is 0 Å². The smallest absolute Gasteiger partial charge is 0.0836 e. The molecule has 1 aliphatic heterocycles. The molecule has 3 nitrogen and oxygen atoms in total. The predicted octanol–water partition coefficient (Wildman–Crippen LogP) is 5.30. The van der Waals surface area contributed by atoms with Crippen molar-refractivity contribution in [2.24, 2.45) is 11.8 Å². The third-order valence-corrected chi connectivity index (χ3v) is 7.25. The van der Waals surface area contributed by atoms with Crippen molar-refractivity contribution >= 4 is 10.9 Å². The molecular weight excluding hydrogens is 332 g/mol. The molecule has 2 N–H and O–H groups in total. The fraction of sp³-hybridized carbons (Fsp3) is 0.667. The van der Waals surface area contributed by atoms with Crippen molar-refractivity contribution in [3.8, 4) is 0 Å². The van der Waals surface area contributed by atoms with Gasteiger partial charge in [0.15, 0.2) is 0 Å². The number of aryl methyl sites for hydroxylation is 1. The van der Waals surface area contributed by atoms with Crippen LogP contribution in [-0.4, -0.2) is 22.8 Å². The van der Waals surface area contributed by atoms with E-state index >= 15 is 0 Å². The summed E-state index contributed by atoms with van der Waals surface area (Å²) in [6.45, 7) is 9.27. The van der Waals surface area contributed by atoms with Gasteiger partial charge in [-0.15, -0.1) is 0 Å². The van der Waals surface area contributed by atoms with Crippen LogP contribution >= 0.6 is 0 Å². The van der Waals surface area contributed by atoms with Crippen LogP contribution in [0.25, 0.3) is 10.9 Å². The molecule has 3 heteroatoms. The van der Waals surface area contributed by atoms with Gasteiger partial charge >= 0.3 is 0 Å². The summed E-state index contributed by atoms with van der Waals surface area (Å²) >= 11 is 0. The Balaban J connectivity index is 1.78. The maximum absolute atomic E-state index is 10.4. The Bertz CT molecular complexity index is 777. The van der Waals surface area contributed by atoms with Crippen LogP contribution in [0.15, 0.2) is 18.2 Å². The van der Waals surface area contributed by atoms with E-state index in [4.69, 9.17) is 0 Å². The molecule has 148 valence electrons. The van der Waals surface area contributed by atoms with Crippen LogP contribution in [0, 0.1) is 18.8 Å². The number of fused-ring (bicyclic) bond motifs is 1. The Hall–Kier alpha value is -1.32. The molecule has 27 heavy (non-hydrogen) atoms. The van der Waals surface area contributed by atoms with Gasteiger partial charge in [-0.3, -0.25) is 0 Å². The van der Waals surface area contributed by atoms with Crippen molar-refractivity contribution in [1.29, 1.82) is 0 Å². The van der Waals surface area contributed by atoms with E-state index in [1.54, 1.807) is 0 Å². The second-order valence-corrected chi connectivity index (χ2v) is 9.25. The van der Waals surface area contributed by atoms with Gasteiger partial charge in [-0.25, -0.2) is 0 Å². The van der Waals surface area contributed by atoms with Gasteiger partial charge in [-0.1, -0.05) is 25.5 Å². The molecular formula is C24H36N2O. The number of hydrogen-bond acceptors (Lipinski definition) is 2. The lowest BCUT2D eigenvalue weighted by Gasteiger charge is -2.33. The Kier molecular flexibility index (Phi) is 5.61. The van der Waals surface area contributed by atoms with Gasteiger partial charge in [0.1, 0.15) is 0 Å². The lowest BCUT2D eigenvalue weighted by atomic mass is 9.79. The molecule has 2 aliphatic rings. The molecule has 0 unspecified atom stereocenters. The number of rotatable bonds is 4. The van der Waals surface area contributed by atoms with Crippen LogP contribution in [0.2, 0.25) is 0 Å². The fourth-order valence-electron chi connectivity index (χ4n) is 5.68. The Morgan fingerprint density at radius 1 is 1.07 bits per heavy atom. The number of aliphatic hydroxyl groups is 1. The van der Waals surface area contributed by atoms with E-state index in [1.807, 2.05) is 0 Å². The van der Waals surface area contributed by atoms with E-state index in [-0.39, 0.29) is 6.61 Å². The third kappa shape index (κ3) is 3.56. The van der Waals surface area contributed by atoms with Crippen LogP contribution < -0.4 is 5.32 Å². The Morgan fingerprint density at radius 3 is 2.41 bits per heavy atom. The minimum atomic E-state index is 0.164. The lowest BCUT2D eigenvalue weighted by Crippen LogP contribution is -2.27. The molecule has 0 atom stereocenters. The molecule has 2 fully saturated rings. The summed E-state index contributed by atoms with van der Waals surface area (Å²) in [5, 5.41) is 15.3. The first kappa shape index (κ1) is 19.0. The van der Waals surface area contributed by atoms with Crippen LogP contribution in [-0.2, 0) is 6.61 Å². The van der Waals surface area contributed by atoms with E-state index in [0.29, 0.717) is 12.0 Å². The Labute approximate surface area is 164 Å². The molecule has 1 saturated heterocycles. The molecule has 1 saturated carbocycles. The normalized spacial score (nSPS) is 24.8. The third-order valence-electron chi connectivity index (χ3n) is 7.25. The zero-order valence-electron chi connectivity index (χ0n) is 17.3. The van der Waals surface area contributed by atoms with Crippen molar-refractivity contribution in [2.45, 2.75) is 77.9 Å². The molecule has 1 aromatic heterocycles. The minimum absolute atomic E-state index is 0.164. The van der Waals surface area contributed by atoms with Crippen LogP contribution in [0.4, 0.5) is 0 Å². The summed E-state index contributed by atoms with van der Waals surface area (Å²) in [4.78, 5) is 0. The summed E-state index contributed by atoms with van der Waals surface area (Å²) in [6.07, 6.45) is 7.50. The van der Waals surface area contributed by atoms with Gasteiger partial charge in [0.05, 0.1) is 6.61 Å². The van der Waals surface area contributed by atoms with E-state index in [2.05, 4.69) is 48.9 Å². The minimum Gasteiger partial charge on any atom is -0.390 e. The van der Waals surface area contributed by atoms with Crippen LogP contribution in [0.1, 0.15) is 81.2 Å². The molecule has 4 rings (SSSR count). The Morgan fingerprint density at radius 2 is 1.78 bits per heavy atom. The van der Waals surface area contributed by atoms with Gasteiger partial charge in [0.2, 0.25) is 0 Å².